The molecule has 156 valence electrons. The van der Waals surface area contributed by atoms with Gasteiger partial charge in [0.05, 0.1) is 24.6 Å². The molecule has 2 aromatic carbocycles. The minimum atomic E-state index is 0.426. The second-order valence-electron chi connectivity index (χ2n) is 6.93. The molecule has 0 atom stereocenters. The summed E-state index contributed by atoms with van der Waals surface area (Å²) in [5.74, 6) is 1.14. The number of morpholine rings is 1. The molecule has 30 heavy (non-hydrogen) atoms. The van der Waals surface area contributed by atoms with Gasteiger partial charge in [0.15, 0.2) is 0 Å². The second-order valence-corrected chi connectivity index (χ2v) is 6.93. The molecule has 0 radical (unpaired) electrons. The molecule has 1 saturated heterocycles. The van der Waals surface area contributed by atoms with Crippen molar-refractivity contribution in [3.05, 3.63) is 54.7 Å². The molecule has 8 nitrogen and oxygen atoms in total. The lowest BCUT2D eigenvalue weighted by molar-refractivity contribution is 0.122. The number of benzene rings is 2. The van der Waals surface area contributed by atoms with E-state index in [1.165, 1.54) is 5.69 Å². The Morgan fingerprint density at radius 2 is 1.87 bits per heavy atom. The van der Waals surface area contributed by atoms with Crippen molar-refractivity contribution in [3.8, 4) is 17.0 Å². The predicted octanol–water partition coefficient (Wildman–Crippen LogP) is 2.64. The molecule has 0 bridgehead atoms. The third-order valence-corrected chi connectivity index (χ3v) is 4.84. The topological polar surface area (TPSA) is 112 Å². The highest BCUT2D eigenvalue weighted by atomic mass is 16.5. The summed E-state index contributed by atoms with van der Waals surface area (Å²) in [5, 5.41) is 3.26. The van der Waals surface area contributed by atoms with Gasteiger partial charge >= 0.3 is 0 Å². The molecule has 3 aromatic rings. The van der Waals surface area contributed by atoms with Crippen LogP contribution in [0.25, 0.3) is 11.3 Å². The zero-order valence-electron chi connectivity index (χ0n) is 16.8. The molecule has 0 amide bonds. The first-order valence-corrected chi connectivity index (χ1v) is 9.98. The van der Waals surface area contributed by atoms with Gasteiger partial charge in [0, 0.05) is 42.8 Å². The number of nitrogens with one attached hydrogen (secondary N) is 1. The lowest BCUT2D eigenvalue weighted by Crippen LogP contribution is -2.36. The van der Waals surface area contributed by atoms with E-state index >= 15 is 0 Å². The van der Waals surface area contributed by atoms with Gasteiger partial charge in [0.2, 0.25) is 5.95 Å². The maximum absolute atomic E-state index is 6.10. The molecule has 1 fully saturated rings. The van der Waals surface area contributed by atoms with Crippen LogP contribution in [0.3, 0.4) is 0 Å². The van der Waals surface area contributed by atoms with Crippen LogP contribution < -0.4 is 26.4 Å². The first-order valence-electron chi connectivity index (χ1n) is 9.98. The third-order valence-electron chi connectivity index (χ3n) is 4.84. The average molecular weight is 406 g/mol. The number of rotatable bonds is 7. The lowest BCUT2D eigenvalue weighted by atomic mass is 10.1. The summed E-state index contributed by atoms with van der Waals surface area (Å²) in [6.45, 7) is 4.23. The lowest BCUT2D eigenvalue weighted by Gasteiger charge is -2.28. The molecule has 0 unspecified atom stereocenters. The molecule has 1 aliphatic heterocycles. The number of ether oxygens (including phenoxy) is 2. The number of hydrogen-bond acceptors (Lipinski definition) is 8. The summed E-state index contributed by atoms with van der Waals surface area (Å²) in [5.41, 5.74) is 15.9. The molecule has 0 aliphatic carbocycles. The highest BCUT2D eigenvalue weighted by molar-refractivity contribution is 5.69. The summed E-state index contributed by atoms with van der Waals surface area (Å²) >= 11 is 0. The monoisotopic (exact) mass is 406 g/mol. The zero-order valence-corrected chi connectivity index (χ0v) is 16.8. The Balaban J connectivity index is 1.46. The Labute approximate surface area is 175 Å². The van der Waals surface area contributed by atoms with Crippen molar-refractivity contribution in [2.24, 2.45) is 5.73 Å². The van der Waals surface area contributed by atoms with Gasteiger partial charge in [-0.15, -0.1) is 0 Å². The summed E-state index contributed by atoms with van der Waals surface area (Å²) in [6, 6.07) is 15.7. The summed E-state index contributed by atoms with van der Waals surface area (Å²) in [6.07, 6.45) is 1.72. The fraction of sp³-hybridized carbons (Fsp3) is 0.273. The van der Waals surface area contributed by atoms with Gasteiger partial charge in [0.1, 0.15) is 12.4 Å². The fourth-order valence-corrected chi connectivity index (χ4v) is 3.29. The Bertz CT molecular complexity index is 974. The normalized spacial score (nSPS) is 13.8. The van der Waals surface area contributed by atoms with E-state index < -0.39 is 0 Å². The van der Waals surface area contributed by atoms with E-state index in [2.05, 4.69) is 32.3 Å². The molecule has 2 heterocycles. The molecule has 4 rings (SSSR count). The number of anilines is 4. The standard InChI is InChI=1S/C22H26N6O2/c23-8-12-30-21-6-1-16(15-19(21)24)20-7-9-25-22(27-20)26-17-2-4-18(5-3-17)28-10-13-29-14-11-28/h1-7,9,15H,8,10-14,23-24H2,(H,25,26,27). The summed E-state index contributed by atoms with van der Waals surface area (Å²) in [4.78, 5) is 11.3. The smallest absolute Gasteiger partial charge is 0.227 e. The van der Waals surface area contributed by atoms with Crippen LogP contribution in [0.15, 0.2) is 54.7 Å². The molecule has 5 N–H and O–H groups in total. The average Bonchev–Trinajstić information content (AvgIpc) is 2.79. The van der Waals surface area contributed by atoms with E-state index in [1.54, 1.807) is 6.20 Å². The van der Waals surface area contributed by atoms with Crippen molar-refractivity contribution in [1.82, 2.24) is 9.97 Å². The summed E-state index contributed by atoms with van der Waals surface area (Å²) < 4.78 is 10.9. The fourth-order valence-electron chi connectivity index (χ4n) is 3.29. The van der Waals surface area contributed by atoms with Crippen LogP contribution in [-0.2, 0) is 4.74 Å². The van der Waals surface area contributed by atoms with Crippen LogP contribution in [-0.4, -0.2) is 49.4 Å². The quantitative estimate of drug-likeness (QED) is 0.514. The number of nitrogens with two attached hydrogens (primary N) is 2. The van der Waals surface area contributed by atoms with Gasteiger partial charge in [-0.25, -0.2) is 9.97 Å². The van der Waals surface area contributed by atoms with E-state index in [0.717, 1.165) is 43.2 Å². The molecule has 8 heteroatoms. The molecular formula is C22H26N6O2. The zero-order chi connectivity index (χ0) is 20.8. The molecule has 1 aromatic heterocycles. The van der Waals surface area contributed by atoms with Gasteiger partial charge in [-0.1, -0.05) is 0 Å². The van der Waals surface area contributed by atoms with Crippen LogP contribution >= 0.6 is 0 Å². The number of hydrogen-bond donors (Lipinski definition) is 3. The van der Waals surface area contributed by atoms with Crippen molar-refractivity contribution in [1.29, 1.82) is 0 Å². The van der Waals surface area contributed by atoms with Gasteiger partial charge in [-0.3, -0.25) is 0 Å². The van der Waals surface area contributed by atoms with Gasteiger partial charge in [0.25, 0.3) is 0 Å². The SMILES string of the molecule is NCCOc1ccc(-c2ccnc(Nc3ccc(N4CCOCC4)cc3)n2)cc1N. The van der Waals surface area contributed by atoms with Gasteiger partial charge in [-0.2, -0.15) is 0 Å². The first-order chi connectivity index (χ1) is 14.7. The van der Waals surface area contributed by atoms with Crippen LogP contribution in [0, 0.1) is 0 Å². The number of nitrogens with zero attached hydrogens (tertiary/aromatic N) is 3. The third kappa shape index (κ3) is 4.79. The molecular weight excluding hydrogens is 380 g/mol. The van der Waals surface area contributed by atoms with Crippen molar-refractivity contribution < 1.29 is 9.47 Å². The van der Waals surface area contributed by atoms with Crippen LogP contribution in [0.5, 0.6) is 5.75 Å². The van der Waals surface area contributed by atoms with Gasteiger partial charge < -0.3 is 31.2 Å². The Morgan fingerprint density at radius 1 is 1.07 bits per heavy atom. The summed E-state index contributed by atoms with van der Waals surface area (Å²) in [7, 11) is 0. The van der Waals surface area contributed by atoms with E-state index in [1.807, 2.05) is 36.4 Å². The Kier molecular flexibility index (Phi) is 6.26. The largest absolute Gasteiger partial charge is 0.490 e. The van der Waals surface area contributed by atoms with Crippen molar-refractivity contribution in [2.45, 2.75) is 0 Å². The van der Waals surface area contributed by atoms with Crippen molar-refractivity contribution in [3.63, 3.8) is 0 Å². The Morgan fingerprint density at radius 3 is 2.60 bits per heavy atom. The minimum absolute atomic E-state index is 0.426. The highest BCUT2D eigenvalue weighted by Crippen LogP contribution is 2.28. The maximum atomic E-state index is 6.10. The maximum Gasteiger partial charge on any atom is 0.227 e. The Hall–Kier alpha value is -3.36. The van der Waals surface area contributed by atoms with Crippen LogP contribution in [0.2, 0.25) is 0 Å². The second kappa shape index (κ2) is 9.43. The van der Waals surface area contributed by atoms with Crippen molar-refractivity contribution >= 4 is 23.0 Å². The van der Waals surface area contributed by atoms with Crippen LogP contribution in [0.1, 0.15) is 0 Å². The number of aromatic nitrogens is 2. The van der Waals surface area contributed by atoms with E-state index in [0.29, 0.717) is 30.5 Å². The van der Waals surface area contributed by atoms with E-state index in [-0.39, 0.29) is 0 Å². The van der Waals surface area contributed by atoms with E-state index in [4.69, 9.17) is 20.9 Å². The molecule has 1 aliphatic rings. The number of nitrogen functional groups attached to an aromatic ring is 1. The minimum Gasteiger partial charge on any atom is -0.490 e. The first kappa shape index (κ1) is 19.9. The van der Waals surface area contributed by atoms with Crippen LogP contribution in [0.4, 0.5) is 23.0 Å². The highest BCUT2D eigenvalue weighted by Gasteiger charge is 2.11. The van der Waals surface area contributed by atoms with E-state index in [9.17, 15) is 0 Å². The molecule has 0 saturated carbocycles. The van der Waals surface area contributed by atoms with Gasteiger partial charge in [-0.05, 0) is 48.5 Å². The predicted molar refractivity (Wildman–Crippen MR) is 119 cm³/mol. The van der Waals surface area contributed by atoms with Crippen molar-refractivity contribution in [2.75, 3.05) is 55.4 Å². The molecule has 0 spiro atoms.